The molecule has 0 aliphatic heterocycles. The lowest BCUT2D eigenvalue weighted by Gasteiger charge is -2.24. The van der Waals surface area contributed by atoms with Gasteiger partial charge in [0.25, 0.3) is 11.9 Å². The quantitative estimate of drug-likeness (QED) is 0.238. The van der Waals surface area contributed by atoms with Gasteiger partial charge in [0.05, 0.1) is 12.1 Å². The van der Waals surface area contributed by atoms with Gasteiger partial charge < -0.3 is 10.6 Å². The summed E-state index contributed by atoms with van der Waals surface area (Å²) in [4.78, 5) is 25.7. The van der Waals surface area contributed by atoms with Crippen LogP contribution in [0.1, 0.15) is 89.6 Å². The van der Waals surface area contributed by atoms with Crippen LogP contribution in [-0.2, 0) is 0 Å². The monoisotopic (exact) mass is 523 g/mol. The molecule has 9 heteroatoms. The van der Waals surface area contributed by atoms with Crippen LogP contribution in [0.15, 0.2) is 78.9 Å². The zero-order chi connectivity index (χ0) is 27.0. The van der Waals surface area contributed by atoms with E-state index in [1.54, 1.807) is 12.1 Å². The minimum atomic E-state index is -0.400. The molecule has 2 atom stereocenters. The molecule has 200 valence electrons. The number of aromatic nitrogens is 4. The summed E-state index contributed by atoms with van der Waals surface area (Å²) in [7, 11) is 0. The van der Waals surface area contributed by atoms with Gasteiger partial charge in [0, 0.05) is 5.56 Å². The highest BCUT2D eigenvalue weighted by Gasteiger charge is 2.21. The Morgan fingerprint density at radius 3 is 2.13 bits per heavy atom. The Morgan fingerprint density at radius 2 is 1.49 bits per heavy atom. The van der Waals surface area contributed by atoms with Gasteiger partial charge in [-0.25, -0.2) is 4.79 Å². The first-order valence-corrected chi connectivity index (χ1v) is 13.4. The minimum Gasteiger partial charge on any atom is -0.332 e. The van der Waals surface area contributed by atoms with Gasteiger partial charge in [-0.2, -0.15) is 5.21 Å². The third-order valence-corrected chi connectivity index (χ3v) is 7.35. The number of nitrogens with one attached hydrogen (secondary N) is 4. The highest BCUT2D eigenvalue weighted by molar-refractivity contribution is 6.03. The van der Waals surface area contributed by atoms with Crippen LogP contribution in [0.5, 0.6) is 0 Å². The maximum atomic E-state index is 13.1. The largest absolute Gasteiger partial charge is 0.332 e. The van der Waals surface area contributed by atoms with Crippen molar-refractivity contribution in [2.24, 2.45) is 0 Å². The molecule has 1 saturated carbocycles. The summed E-state index contributed by atoms with van der Waals surface area (Å²) in [5.41, 5.74) is 4.66. The molecule has 1 aromatic heterocycles. The van der Waals surface area contributed by atoms with E-state index in [1.165, 1.54) is 37.7 Å². The molecule has 0 saturated heterocycles. The summed E-state index contributed by atoms with van der Waals surface area (Å²) in [6.07, 6.45) is 6.34. The Kier molecular flexibility index (Phi) is 8.26. The summed E-state index contributed by atoms with van der Waals surface area (Å²) in [5.74, 6) is 0.357. The highest BCUT2D eigenvalue weighted by atomic mass is 16.2. The second-order valence-corrected chi connectivity index (χ2v) is 10.00. The lowest BCUT2D eigenvalue weighted by molar-refractivity contribution is 0.102. The number of benzene rings is 3. The van der Waals surface area contributed by atoms with Gasteiger partial charge in [0.1, 0.15) is 0 Å². The van der Waals surface area contributed by atoms with Crippen molar-refractivity contribution in [3.63, 3.8) is 0 Å². The molecule has 9 nitrogen and oxygen atoms in total. The van der Waals surface area contributed by atoms with Crippen LogP contribution in [0.25, 0.3) is 0 Å². The van der Waals surface area contributed by atoms with Crippen LogP contribution in [0.4, 0.5) is 10.7 Å². The fourth-order valence-electron chi connectivity index (χ4n) is 5.17. The molecule has 0 spiro atoms. The molecule has 3 amide bonds. The van der Waals surface area contributed by atoms with E-state index in [2.05, 4.69) is 60.8 Å². The molecule has 0 bridgehead atoms. The SMILES string of the molecule is C[C@@H](NC(=O)NC(c1ccc(C(=O)Nc2nn[nH]n2)cc1)c1ccc(C2CCCCC2)cc1)c1ccccc1. The number of nitrogens with zero attached hydrogens (tertiary/aromatic N) is 3. The van der Waals surface area contributed by atoms with Crippen LogP contribution in [0, 0.1) is 0 Å². The first kappa shape index (κ1) is 26.1. The molecule has 1 unspecified atom stereocenters. The third kappa shape index (κ3) is 6.67. The van der Waals surface area contributed by atoms with Crippen molar-refractivity contribution in [2.45, 2.75) is 57.0 Å². The van der Waals surface area contributed by atoms with Crippen LogP contribution >= 0.6 is 0 Å². The summed E-state index contributed by atoms with van der Waals surface area (Å²) >= 11 is 0. The Hall–Kier alpha value is -4.53. The van der Waals surface area contributed by atoms with Gasteiger partial charge in [-0.15, -0.1) is 5.10 Å². The van der Waals surface area contributed by atoms with Crippen LogP contribution in [0.3, 0.4) is 0 Å². The smallest absolute Gasteiger partial charge is 0.316 e. The number of tetrazole rings is 1. The first-order valence-electron chi connectivity index (χ1n) is 13.4. The van der Waals surface area contributed by atoms with Crippen molar-refractivity contribution in [1.29, 1.82) is 0 Å². The van der Waals surface area contributed by atoms with Gasteiger partial charge in [-0.05, 0) is 65.3 Å². The fourth-order valence-corrected chi connectivity index (χ4v) is 5.17. The second kappa shape index (κ2) is 12.3. The lowest BCUT2D eigenvalue weighted by Crippen LogP contribution is -2.39. The van der Waals surface area contributed by atoms with Crippen molar-refractivity contribution < 1.29 is 9.59 Å². The summed E-state index contributed by atoms with van der Waals surface area (Å²) in [5, 5.41) is 22.0. The van der Waals surface area contributed by atoms with E-state index in [1.807, 2.05) is 49.4 Å². The molecule has 4 aromatic rings. The molecule has 1 fully saturated rings. The molecule has 39 heavy (non-hydrogen) atoms. The Balaban J connectivity index is 1.35. The predicted octanol–water partition coefficient (Wildman–Crippen LogP) is 5.65. The van der Waals surface area contributed by atoms with Gasteiger partial charge in [-0.3, -0.25) is 10.1 Å². The number of carbonyl (C=O) groups excluding carboxylic acids is 2. The van der Waals surface area contributed by atoms with Crippen molar-refractivity contribution in [3.05, 3.63) is 107 Å². The highest BCUT2D eigenvalue weighted by Crippen LogP contribution is 2.33. The zero-order valence-corrected chi connectivity index (χ0v) is 21.9. The topological polar surface area (TPSA) is 125 Å². The molecule has 4 N–H and O–H groups in total. The molecule has 1 heterocycles. The van der Waals surface area contributed by atoms with Gasteiger partial charge in [0.15, 0.2) is 0 Å². The van der Waals surface area contributed by atoms with E-state index in [4.69, 9.17) is 0 Å². The minimum absolute atomic E-state index is 0.103. The molecular formula is C30H33N7O2. The number of hydrogen-bond donors (Lipinski definition) is 4. The molecule has 3 aromatic carbocycles. The summed E-state index contributed by atoms with van der Waals surface area (Å²) in [6.45, 7) is 1.96. The van der Waals surface area contributed by atoms with Gasteiger partial charge in [-0.1, -0.05) is 91.1 Å². The normalized spacial score (nSPS) is 15.2. The van der Waals surface area contributed by atoms with Gasteiger partial charge >= 0.3 is 6.03 Å². The van der Waals surface area contributed by atoms with E-state index >= 15 is 0 Å². The fraction of sp³-hybridized carbons (Fsp3) is 0.300. The number of hydrogen-bond acceptors (Lipinski definition) is 5. The average molecular weight is 524 g/mol. The number of aromatic amines is 1. The molecular weight excluding hydrogens is 490 g/mol. The summed E-state index contributed by atoms with van der Waals surface area (Å²) in [6, 6.07) is 24.8. The van der Waals surface area contributed by atoms with Crippen molar-refractivity contribution >= 4 is 17.9 Å². The molecule has 1 aliphatic rings. The number of carbonyl (C=O) groups is 2. The number of H-pyrrole nitrogens is 1. The van der Waals surface area contributed by atoms with Crippen molar-refractivity contribution in [3.8, 4) is 0 Å². The summed E-state index contributed by atoms with van der Waals surface area (Å²) < 4.78 is 0. The Bertz CT molecular complexity index is 1350. The van der Waals surface area contributed by atoms with E-state index in [9.17, 15) is 9.59 Å². The van der Waals surface area contributed by atoms with E-state index in [0.717, 1.165) is 16.7 Å². The van der Waals surface area contributed by atoms with Crippen LogP contribution in [-0.4, -0.2) is 32.6 Å². The standard InChI is InChI=1S/C30H33N7O2/c1-20(21-8-4-2-5-9-21)31-30(39)32-27(24-14-12-23(13-15-24)22-10-6-3-7-11-22)25-16-18-26(19-17-25)28(38)33-29-34-36-37-35-29/h2,4-5,8-9,12-20,22,27H,3,6-7,10-11H2,1H3,(H2,31,32,39)(H2,33,34,35,36,37,38)/t20-,27?/m1/s1. The number of amides is 3. The Labute approximate surface area is 227 Å². The predicted molar refractivity (Wildman–Crippen MR) is 149 cm³/mol. The van der Waals surface area contributed by atoms with Crippen LogP contribution < -0.4 is 16.0 Å². The zero-order valence-electron chi connectivity index (χ0n) is 21.9. The second-order valence-electron chi connectivity index (χ2n) is 10.00. The Morgan fingerprint density at radius 1 is 0.821 bits per heavy atom. The maximum Gasteiger partial charge on any atom is 0.316 e. The van der Waals surface area contributed by atoms with E-state index in [0.29, 0.717) is 11.5 Å². The molecule has 5 rings (SSSR count). The van der Waals surface area contributed by atoms with E-state index < -0.39 is 6.04 Å². The number of rotatable bonds is 8. The third-order valence-electron chi connectivity index (χ3n) is 7.35. The lowest BCUT2D eigenvalue weighted by atomic mass is 9.83. The van der Waals surface area contributed by atoms with Gasteiger partial charge in [0.2, 0.25) is 0 Å². The molecule has 0 radical (unpaired) electrons. The van der Waals surface area contributed by atoms with Crippen molar-refractivity contribution in [2.75, 3.05) is 5.32 Å². The van der Waals surface area contributed by atoms with Crippen LogP contribution in [0.2, 0.25) is 0 Å². The number of anilines is 1. The first-order chi connectivity index (χ1) is 19.1. The van der Waals surface area contributed by atoms with Crippen molar-refractivity contribution in [1.82, 2.24) is 31.3 Å². The maximum absolute atomic E-state index is 13.1. The number of urea groups is 1. The van der Waals surface area contributed by atoms with E-state index in [-0.39, 0.29) is 23.9 Å². The molecule has 1 aliphatic carbocycles. The average Bonchev–Trinajstić information content (AvgIpc) is 3.50.